The molecule has 7 atom stereocenters. The lowest BCUT2D eigenvalue weighted by Crippen LogP contribution is -2.58. The number of nitrogens with zero attached hydrogens (tertiary/aromatic N) is 3. The first kappa shape index (κ1) is 27.3. The number of para-hydroxylation sites is 1. The van der Waals surface area contributed by atoms with Gasteiger partial charge in [-0.1, -0.05) is 75.2 Å². The van der Waals surface area contributed by atoms with Crippen molar-refractivity contribution in [3.63, 3.8) is 0 Å². The van der Waals surface area contributed by atoms with Gasteiger partial charge in [0.15, 0.2) is 0 Å². The fourth-order valence-electron chi connectivity index (χ4n) is 6.66. The summed E-state index contributed by atoms with van der Waals surface area (Å²) in [4.78, 5) is 48.1. The summed E-state index contributed by atoms with van der Waals surface area (Å²) in [6.45, 7) is 7.26. The van der Waals surface area contributed by atoms with Gasteiger partial charge in [-0.25, -0.2) is 0 Å². The maximum atomic E-state index is 14.6. The molecule has 2 fully saturated rings. The van der Waals surface area contributed by atoms with Gasteiger partial charge < -0.3 is 19.8 Å². The van der Waals surface area contributed by atoms with Crippen LogP contribution in [0.25, 0.3) is 0 Å². The molecule has 204 valence electrons. The van der Waals surface area contributed by atoms with Gasteiger partial charge >= 0.3 is 0 Å². The zero-order chi connectivity index (χ0) is 27.2. The van der Waals surface area contributed by atoms with E-state index in [1.807, 2.05) is 62.1 Å². The summed E-state index contributed by atoms with van der Waals surface area (Å²) in [5.74, 6) is -1.76. The van der Waals surface area contributed by atoms with E-state index in [1.54, 1.807) is 27.6 Å². The van der Waals surface area contributed by atoms with Gasteiger partial charge in [-0.2, -0.15) is 0 Å². The van der Waals surface area contributed by atoms with E-state index in [-0.39, 0.29) is 35.5 Å². The molecule has 2 saturated heterocycles. The third kappa shape index (κ3) is 4.11. The smallest absolute Gasteiger partial charge is 0.251 e. The monoisotopic (exact) mass is 557 g/mol. The van der Waals surface area contributed by atoms with E-state index in [4.69, 9.17) is 11.6 Å². The first-order valence-corrected chi connectivity index (χ1v) is 14.9. The lowest BCUT2D eigenvalue weighted by Gasteiger charge is -2.40. The maximum absolute atomic E-state index is 14.6. The molecule has 5 rings (SSSR count). The van der Waals surface area contributed by atoms with E-state index in [0.29, 0.717) is 30.3 Å². The topological polar surface area (TPSA) is 81.2 Å². The molecule has 1 aromatic carbocycles. The van der Waals surface area contributed by atoms with Gasteiger partial charge in [0.05, 0.1) is 39.9 Å². The molecule has 9 heteroatoms. The lowest BCUT2D eigenvalue weighted by molar-refractivity contribution is -0.145. The highest BCUT2D eigenvalue weighted by molar-refractivity contribution is 8.02. The van der Waals surface area contributed by atoms with Crippen molar-refractivity contribution in [1.82, 2.24) is 9.80 Å². The van der Waals surface area contributed by atoms with Crippen molar-refractivity contribution in [3.8, 4) is 0 Å². The third-order valence-corrected chi connectivity index (χ3v) is 10.7. The summed E-state index contributed by atoms with van der Waals surface area (Å²) in [5, 5.41) is 10.8. The Morgan fingerprint density at radius 2 is 1.87 bits per heavy atom. The molecular formula is C29H36ClN3O4S. The Bertz CT molecular complexity index is 1170. The van der Waals surface area contributed by atoms with Crippen LogP contribution in [0.4, 0.5) is 5.69 Å². The van der Waals surface area contributed by atoms with E-state index >= 15 is 0 Å². The summed E-state index contributed by atoms with van der Waals surface area (Å²) in [5.41, 5.74) is 0.586. The van der Waals surface area contributed by atoms with Gasteiger partial charge in [-0.15, -0.1) is 11.8 Å². The number of fused-ring (bicyclic) bond motifs is 2. The van der Waals surface area contributed by atoms with Crippen molar-refractivity contribution < 1.29 is 19.5 Å². The highest BCUT2D eigenvalue weighted by Crippen LogP contribution is 2.61. The molecule has 0 aromatic heterocycles. The first-order valence-electron chi connectivity index (χ1n) is 13.6. The minimum absolute atomic E-state index is 0.0256. The molecule has 1 spiro atoms. The van der Waals surface area contributed by atoms with Crippen LogP contribution in [-0.4, -0.2) is 80.9 Å². The van der Waals surface area contributed by atoms with E-state index in [2.05, 4.69) is 6.08 Å². The van der Waals surface area contributed by atoms with E-state index < -0.39 is 28.7 Å². The number of likely N-dealkylation sites (tertiary alicyclic amines) is 1. The van der Waals surface area contributed by atoms with Crippen LogP contribution in [0.15, 0.2) is 48.6 Å². The first-order chi connectivity index (χ1) is 18.3. The Labute approximate surface area is 233 Å². The number of hydrogen-bond donors (Lipinski definition) is 1. The van der Waals surface area contributed by atoms with Gasteiger partial charge in [0.1, 0.15) is 6.04 Å². The molecule has 0 bridgehead atoms. The Hall–Kier alpha value is -2.29. The average molecular weight is 558 g/mol. The van der Waals surface area contributed by atoms with Gasteiger partial charge in [0.25, 0.3) is 5.91 Å². The molecule has 4 aliphatic rings. The quantitative estimate of drug-likeness (QED) is 0.516. The number of aliphatic hydroxyl groups excluding tert-OH is 1. The van der Waals surface area contributed by atoms with Crippen molar-refractivity contribution in [2.75, 3.05) is 31.1 Å². The summed E-state index contributed by atoms with van der Waals surface area (Å²) < 4.78 is -0.921. The fraction of sp³-hybridized carbons (Fsp3) is 0.552. The van der Waals surface area contributed by atoms with Crippen molar-refractivity contribution in [1.29, 1.82) is 0 Å². The zero-order valence-electron chi connectivity index (χ0n) is 22.1. The molecule has 1 aromatic rings. The summed E-state index contributed by atoms with van der Waals surface area (Å²) >= 11 is 8.10. The lowest BCUT2D eigenvalue weighted by atomic mass is 9.78. The largest absolute Gasteiger partial charge is 0.394 e. The number of carbonyl (C=O) groups excluding carboxylic acids is 3. The van der Waals surface area contributed by atoms with Crippen LogP contribution >= 0.6 is 23.4 Å². The number of hydrogen-bond acceptors (Lipinski definition) is 5. The predicted octanol–water partition coefficient (Wildman–Crippen LogP) is 3.76. The fourth-order valence-corrected chi connectivity index (χ4v) is 8.89. The Morgan fingerprint density at radius 1 is 1.11 bits per heavy atom. The SMILES string of the molecule is CCCN1CC=C[C@H]2S[C@]34C=CCN(c5ccccc5Cl)C(=O)C3N([C@@H](CO)[C@@H](C)CC)C(=O)[C@@H]4[C@H]2C1=O. The number of benzene rings is 1. The maximum Gasteiger partial charge on any atom is 0.251 e. The molecule has 7 nitrogen and oxygen atoms in total. The van der Waals surface area contributed by atoms with Crippen LogP contribution in [0.3, 0.4) is 0 Å². The minimum atomic E-state index is -0.921. The number of amides is 3. The van der Waals surface area contributed by atoms with Gasteiger partial charge in [-0.05, 0) is 24.5 Å². The highest BCUT2D eigenvalue weighted by atomic mass is 35.5. The number of thioether (sulfide) groups is 1. The van der Waals surface area contributed by atoms with Crippen LogP contribution in [0, 0.1) is 17.8 Å². The van der Waals surface area contributed by atoms with Crippen LogP contribution in [0.1, 0.15) is 33.6 Å². The van der Waals surface area contributed by atoms with E-state index in [9.17, 15) is 19.5 Å². The Kier molecular flexibility index (Phi) is 7.68. The number of aliphatic hydroxyl groups is 1. The minimum Gasteiger partial charge on any atom is -0.394 e. The molecule has 0 saturated carbocycles. The highest BCUT2D eigenvalue weighted by Gasteiger charge is 2.72. The standard InChI is InChI=1S/C29H36ClN3O4S/c1-4-14-31-15-8-12-22-23(26(31)35)24-27(36)33(21(17-34)18(3)5-2)25-28(37)32(16-9-13-29(24,25)38-22)20-11-7-6-10-19(20)30/h6-13,18,21-25,34H,4-5,14-17H2,1-3H3/t18-,21-,22+,23-,24-,25?,29-/m0/s1. The van der Waals surface area contributed by atoms with Crippen LogP contribution in [0.5, 0.6) is 0 Å². The summed E-state index contributed by atoms with van der Waals surface area (Å²) in [6.07, 6.45) is 9.59. The number of carbonyl (C=O) groups is 3. The molecular weight excluding hydrogens is 522 g/mol. The molecule has 1 N–H and O–H groups in total. The molecule has 0 radical (unpaired) electrons. The third-order valence-electron chi connectivity index (χ3n) is 8.66. The summed E-state index contributed by atoms with van der Waals surface area (Å²) in [6, 6.07) is 5.81. The molecule has 1 unspecified atom stereocenters. The van der Waals surface area contributed by atoms with Gasteiger partial charge in [-0.3, -0.25) is 14.4 Å². The molecule has 3 amide bonds. The predicted molar refractivity (Wildman–Crippen MR) is 151 cm³/mol. The van der Waals surface area contributed by atoms with Crippen molar-refractivity contribution >= 4 is 46.8 Å². The van der Waals surface area contributed by atoms with Crippen molar-refractivity contribution in [3.05, 3.63) is 53.6 Å². The Morgan fingerprint density at radius 3 is 2.55 bits per heavy atom. The van der Waals surface area contributed by atoms with E-state index in [0.717, 1.165) is 12.8 Å². The molecule has 4 heterocycles. The second-order valence-corrected chi connectivity index (χ2v) is 12.6. The number of halogens is 1. The molecule has 0 aliphatic carbocycles. The summed E-state index contributed by atoms with van der Waals surface area (Å²) in [7, 11) is 0. The van der Waals surface area contributed by atoms with Crippen molar-refractivity contribution in [2.45, 2.75) is 55.7 Å². The van der Waals surface area contributed by atoms with Crippen LogP contribution in [0.2, 0.25) is 5.02 Å². The molecule has 38 heavy (non-hydrogen) atoms. The zero-order valence-corrected chi connectivity index (χ0v) is 23.7. The second-order valence-electron chi connectivity index (χ2n) is 10.7. The van der Waals surface area contributed by atoms with Gasteiger partial charge in [0.2, 0.25) is 11.8 Å². The average Bonchev–Trinajstić information content (AvgIpc) is 3.23. The number of anilines is 1. The van der Waals surface area contributed by atoms with Crippen LogP contribution < -0.4 is 4.90 Å². The van der Waals surface area contributed by atoms with Crippen molar-refractivity contribution in [2.24, 2.45) is 17.8 Å². The van der Waals surface area contributed by atoms with Gasteiger partial charge in [0, 0.05) is 24.9 Å². The Balaban J connectivity index is 1.66. The van der Waals surface area contributed by atoms with Crippen LogP contribution in [-0.2, 0) is 14.4 Å². The normalized spacial score (nSPS) is 32.1. The molecule has 4 aliphatic heterocycles. The van der Waals surface area contributed by atoms with E-state index in [1.165, 1.54) is 0 Å². The number of rotatable bonds is 7. The second kappa shape index (κ2) is 10.7.